The van der Waals surface area contributed by atoms with Crippen molar-refractivity contribution < 1.29 is 18.3 Å². The molecule has 0 aliphatic rings. The second-order valence-electron chi connectivity index (χ2n) is 5.79. The van der Waals surface area contributed by atoms with Crippen LogP contribution in [0.15, 0.2) is 63.1 Å². The molecule has 4 aromatic rings. The normalized spacial score (nSPS) is 10.9. The van der Waals surface area contributed by atoms with Gasteiger partial charge >= 0.3 is 11.6 Å². The maximum absolute atomic E-state index is 13.1. The highest BCUT2D eigenvalue weighted by Gasteiger charge is 2.13. The van der Waals surface area contributed by atoms with Gasteiger partial charge in [-0.3, -0.25) is 4.79 Å². The highest BCUT2D eigenvalue weighted by molar-refractivity contribution is 7.13. The summed E-state index contributed by atoms with van der Waals surface area (Å²) in [6.07, 6.45) is 0. The lowest BCUT2D eigenvalue weighted by molar-refractivity contribution is -0.131. The molecule has 0 saturated carbocycles. The third-order valence-corrected chi connectivity index (χ3v) is 4.73. The number of halogens is 1. The fourth-order valence-corrected chi connectivity index (χ4v) is 3.45. The molecule has 7 heteroatoms. The van der Waals surface area contributed by atoms with Crippen LogP contribution in [0.5, 0.6) is 5.75 Å². The van der Waals surface area contributed by atoms with Crippen molar-refractivity contribution in [2.45, 2.75) is 6.92 Å². The predicted octanol–water partition coefficient (Wildman–Crippen LogP) is 4.65. The smallest absolute Gasteiger partial charge is 0.345 e. The van der Waals surface area contributed by atoms with Gasteiger partial charge in [0.25, 0.3) is 0 Å². The summed E-state index contributed by atoms with van der Waals surface area (Å²) in [7, 11) is 0. The van der Waals surface area contributed by atoms with Gasteiger partial charge < -0.3 is 9.15 Å². The average Bonchev–Trinajstić information content (AvgIpc) is 3.11. The van der Waals surface area contributed by atoms with Crippen LogP contribution in [0, 0.1) is 5.82 Å². The molecule has 4 rings (SSSR count). The van der Waals surface area contributed by atoms with E-state index in [4.69, 9.17) is 9.15 Å². The topological polar surface area (TPSA) is 69.4 Å². The number of rotatable bonds is 3. The first-order valence-electron chi connectivity index (χ1n) is 7.98. The lowest BCUT2D eigenvalue weighted by Crippen LogP contribution is -2.04. The number of hydrogen-bond acceptors (Lipinski definition) is 6. The van der Waals surface area contributed by atoms with Gasteiger partial charge in [0.1, 0.15) is 22.2 Å². The summed E-state index contributed by atoms with van der Waals surface area (Å²) in [5, 5.41) is 3.11. The van der Waals surface area contributed by atoms with E-state index >= 15 is 0 Å². The maximum atomic E-state index is 13.1. The predicted molar refractivity (Wildman–Crippen MR) is 100 cm³/mol. The van der Waals surface area contributed by atoms with Crippen molar-refractivity contribution in [2.75, 3.05) is 0 Å². The van der Waals surface area contributed by atoms with E-state index in [-0.39, 0.29) is 5.82 Å². The molecule has 0 aliphatic heterocycles. The van der Waals surface area contributed by atoms with Crippen LogP contribution in [0.2, 0.25) is 0 Å². The molecule has 0 radical (unpaired) electrons. The third-order valence-electron chi connectivity index (χ3n) is 3.84. The van der Waals surface area contributed by atoms with Crippen molar-refractivity contribution >= 4 is 28.3 Å². The van der Waals surface area contributed by atoms with Crippen LogP contribution in [0.25, 0.3) is 32.8 Å². The molecule has 0 spiro atoms. The number of benzene rings is 2. The van der Waals surface area contributed by atoms with Crippen LogP contribution in [-0.2, 0) is 4.79 Å². The molecule has 0 saturated heterocycles. The maximum Gasteiger partial charge on any atom is 0.345 e. The van der Waals surface area contributed by atoms with E-state index in [2.05, 4.69) is 4.98 Å². The minimum Gasteiger partial charge on any atom is -0.427 e. The summed E-state index contributed by atoms with van der Waals surface area (Å²) in [5.41, 5.74) is 1.35. The van der Waals surface area contributed by atoms with Gasteiger partial charge in [0.2, 0.25) is 0 Å². The Labute approximate surface area is 156 Å². The first-order chi connectivity index (χ1) is 13.0. The summed E-state index contributed by atoms with van der Waals surface area (Å²) in [5.74, 6) is -0.471. The van der Waals surface area contributed by atoms with E-state index < -0.39 is 11.6 Å². The van der Waals surface area contributed by atoms with Crippen LogP contribution >= 0.6 is 11.3 Å². The van der Waals surface area contributed by atoms with Gasteiger partial charge in [-0.2, -0.15) is 0 Å². The lowest BCUT2D eigenvalue weighted by Gasteiger charge is -2.03. The number of nitrogens with zero attached hydrogens (tertiary/aromatic N) is 1. The number of ether oxygens (including phenoxy) is 1. The van der Waals surface area contributed by atoms with E-state index in [1.807, 2.05) is 0 Å². The molecule has 0 N–H and O–H groups in total. The lowest BCUT2D eigenvalue weighted by atomic mass is 10.1. The van der Waals surface area contributed by atoms with Crippen molar-refractivity contribution in [2.24, 2.45) is 0 Å². The Bertz CT molecular complexity index is 1210. The minimum atomic E-state index is -0.543. The van der Waals surface area contributed by atoms with Gasteiger partial charge in [0, 0.05) is 29.3 Å². The molecule has 0 aliphatic carbocycles. The molecular formula is C20H12FNO4S. The fourth-order valence-electron chi connectivity index (χ4n) is 2.62. The first kappa shape index (κ1) is 17.1. The van der Waals surface area contributed by atoms with E-state index in [0.29, 0.717) is 33.0 Å². The van der Waals surface area contributed by atoms with E-state index in [0.717, 1.165) is 5.56 Å². The standard InChI is InChI=1S/C20H12FNO4S/c1-11(23)25-15-7-4-13-8-16(20(24)26-18(13)9-15)17-10-27-19(22-17)12-2-5-14(21)6-3-12/h2-10H,1H3. The number of carbonyl (C=O) groups is 1. The summed E-state index contributed by atoms with van der Waals surface area (Å²) >= 11 is 1.36. The monoisotopic (exact) mass is 381 g/mol. The number of aromatic nitrogens is 1. The van der Waals surface area contributed by atoms with Gasteiger partial charge in [-0.1, -0.05) is 0 Å². The van der Waals surface area contributed by atoms with Gasteiger partial charge in [0.15, 0.2) is 0 Å². The Morgan fingerprint density at radius 2 is 1.93 bits per heavy atom. The van der Waals surface area contributed by atoms with Crippen molar-refractivity contribution in [3.05, 3.63) is 70.1 Å². The summed E-state index contributed by atoms with van der Waals surface area (Å²) in [6.45, 7) is 1.30. The second kappa shape index (κ2) is 6.77. The van der Waals surface area contributed by atoms with Crippen molar-refractivity contribution in [3.8, 4) is 27.6 Å². The minimum absolute atomic E-state index is 0.304. The van der Waals surface area contributed by atoms with Crippen molar-refractivity contribution in [1.29, 1.82) is 0 Å². The zero-order valence-electron chi connectivity index (χ0n) is 14.1. The highest BCUT2D eigenvalue weighted by Crippen LogP contribution is 2.29. The number of thiazole rings is 1. The van der Waals surface area contributed by atoms with Crippen LogP contribution in [0.1, 0.15) is 6.92 Å². The van der Waals surface area contributed by atoms with Gasteiger partial charge in [0.05, 0.1) is 11.3 Å². The average molecular weight is 381 g/mol. The fraction of sp³-hybridized carbons (Fsp3) is 0.0500. The molecule has 27 heavy (non-hydrogen) atoms. The Hall–Kier alpha value is -3.32. The summed E-state index contributed by atoms with van der Waals surface area (Å²) < 4.78 is 23.4. The summed E-state index contributed by atoms with van der Waals surface area (Å²) in [4.78, 5) is 27.9. The number of fused-ring (bicyclic) bond motifs is 1. The Balaban J connectivity index is 1.73. The molecule has 5 nitrogen and oxygen atoms in total. The quantitative estimate of drug-likeness (QED) is 0.294. The Kier molecular flexibility index (Phi) is 4.29. The largest absolute Gasteiger partial charge is 0.427 e. The second-order valence-corrected chi connectivity index (χ2v) is 6.64. The molecule has 2 aromatic carbocycles. The molecule has 0 bridgehead atoms. The third kappa shape index (κ3) is 3.50. The molecule has 2 heterocycles. The molecule has 0 fully saturated rings. The number of hydrogen-bond donors (Lipinski definition) is 0. The molecule has 2 aromatic heterocycles. The molecule has 134 valence electrons. The number of carbonyl (C=O) groups excluding carboxylic acids is 1. The summed E-state index contributed by atoms with van der Waals surface area (Å²) in [6, 6.07) is 12.5. The van der Waals surface area contributed by atoms with E-state index in [1.165, 1.54) is 36.5 Å². The molecule has 0 amide bonds. The Morgan fingerprint density at radius 1 is 1.15 bits per heavy atom. The highest BCUT2D eigenvalue weighted by atomic mass is 32.1. The van der Waals surface area contributed by atoms with Gasteiger partial charge in [-0.05, 0) is 42.5 Å². The van der Waals surface area contributed by atoms with Crippen LogP contribution in [-0.4, -0.2) is 11.0 Å². The van der Waals surface area contributed by atoms with Crippen LogP contribution < -0.4 is 10.4 Å². The molecule has 0 unspecified atom stereocenters. The zero-order valence-corrected chi connectivity index (χ0v) is 14.9. The molecular weight excluding hydrogens is 369 g/mol. The Morgan fingerprint density at radius 3 is 2.67 bits per heavy atom. The SMILES string of the molecule is CC(=O)Oc1ccc2cc(-c3csc(-c4ccc(F)cc4)n3)c(=O)oc2c1. The van der Waals surface area contributed by atoms with Gasteiger partial charge in [-0.15, -0.1) is 11.3 Å². The molecule has 0 atom stereocenters. The van der Waals surface area contributed by atoms with Crippen LogP contribution in [0.3, 0.4) is 0 Å². The van der Waals surface area contributed by atoms with Gasteiger partial charge in [-0.25, -0.2) is 14.2 Å². The number of esters is 1. The zero-order chi connectivity index (χ0) is 19.0. The van der Waals surface area contributed by atoms with Crippen molar-refractivity contribution in [1.82, 2.24) is 4.98 Å². The van der Waals surface area contributed by atoms with E-state index in [9.17, 15) is 14.0 Å². The van der Waals surface area contributed by atoms with Crippen LogP contribution in [0.4, 0.5) is 4.39 Å². The van der Waals surface area contributed by atoms with Crippen molar-refractivity contribution in [3.63, 3.8) is 0 Å². The van der Waals surface area contributed by atoms with E-state index in [1.54, 1.807) is 35.7 Å². The first-order valence-corrected chi connectivity index (χ1v) is 8.86.